The van der Waals surface area contributed by atoms with Crippen molar-refractivity contribution in [3.63, 3.8) is 0 Å². The minimum atomic E-state index is 0. The van der Waals surface area contributed by atoms with E-state index in [0.29, 0.717) is 0 Å². The van der Waals surface area contributed by atoms with Gasteiger partial charge in [0.15, 0.2) is 0 Å². The molecule has 2 aromatic rings. The molecule has 2 nitrogen and oxygen atoms in total. The van der Waals surface area contributed by atoms with E-state index in [2.05, 4.69) is 10.6 Å². The summed E-state index contributed by atoms with van der Waals surface area (Å²) in [5.74, 6) is 0. The van der Waals surface area contributed by atoms with Crippen molar-refractivity contribution < 1.29 is 35.6 Å². The summed E-state index contributed by atoms with van der Waals surface area (Å²) in [4.78, 5) is 0. The first kappa shape index (κ1) is 20.1. The third kappa shape index (κ3) is 7.73. The summed E-state index contributed by atoms with van der Waals surface area (Å²) in [7, 11) is 0. The smallest absolute Gasteiger partial charge is 1.00 e. The van der Waals surface area contributed by atoms with Gasteiger partial charge in [-0.25, -0.2) is 0 Å². The van der Waals surface area contributed by atoms with Gasteiger partial charge >= 0.3 is 26.2 Å². The molecule has 2 rings (SSSR count). The minimum Gasteiger partial charge on any atom is -1.00 e. The van der Waals surface area contributed by atoms with E-state index in [1.807, 2.05) is 60.7 Å². The molecule has 0 bridgehead atoms. The first-order valence-electron chi connectivity index (χ1n) is 5.40. The van der Waals surface area contributed by atoms with Crippen LogP contribution in [0.25, 0.3) is 10.6 Å². The molecule has 5 heteroatoms. The normalized spacial score (nSPS) is 8.21. The van der Waals surface area contributed by atoms with E-state index in [1.54, 1.807) is 0 Å². The van der Waals surface area contributed by atoms with Crippen molar-refractivity contribution in [1.29, 1.82) is 0 Å². The van der Waals surface area contributed by atoms with Crippen LogP contribution in [0.2, 0.25) is 0 Å². The van der Waals surface area contributed by atoms with Crippen LogP contribution >= 0.6 is 0 Å². The second-order valence-corrected chi connectivity index (χ2v) is 3.43. The number of halogens is 2. The molecular weight excluding hydrogens is 325 g/mol. The van der Waals surface area contributed by atoms with E-state index in [0.717, 1.165) is 24.5 Å². The van der Waals surface area contributed by atoms with E-state index in [9.17, 15) is 0 Å². The van der Waals surface area contributed by atoms with Gasteiger partial charge in [-0.3, -0.25) is 0 Å². The molecule has 0 saturated carbocycles. The summed E-state index contributed by atoms with van der Waals surface area (Å²) in [6.07, 6.45) is 0. The van der Waals surface area contributed by atoms with Crippen LogP contribution < -0.4 is 9.41 Å². The fourth-order valence-corrected chi connectivity index (χ4v) is 1.43. The van der Waals surface area contributed by atoms with Crippen LogP contribution in [0.15, 0.2) is 60.7 Å². The van der Waals surface area contributed by atoms with Gasteiger partial charge in [-0.1, -0.05) is 60.7 Å². The largest absolute Gasteiger partial charge is 4.00 e. The first-order valence-corrected chi connectivity index (χ1v) is 5.40. The maximum absolute atomic E-state index is 4.43. The molecule has 0 spiro atoms. The minimum absolute atomic E-state index is 0. The zero-order valence-corrected chi connectivity index (χ0v) is 12.8. The van der Waals surface area contributed by atoms with Crippen molar-refractivity contribution in [2.75, 3.05) is 13.1 Å². The monoisotopic (exact) mass is 338 g/mol. The Kier molecular flexibility index (Phi) is 12.5. The molecule has 0 radical (unpaired) electrons. The van der Waals surface area contributed by atoms with Crippen molar-refractivity contribution in [3.8, 4) is 0 Å². The number of nitrogens with zero attached hydrogens (tertiary/aromatic N) is 2. The number of benzene rings is 2. The van der Waals surface area contributed by atoms with Crippen LogP contribution in [-0.4, -0.2) is 13.1 Å². The van der Waals surface area contributed by atoms with Gasteiger partial charge < -0.3 is 20.0 Å². The van der Waals surface area contributed by atoms with Gasteiger partial charge in [0.05, 0.1) is 0 Å². The Bertz CT molecular complexity index is 371. The summed E-state index contributed by atoms with van der Waals surface area (Å²) < 4.78 is 0. The van der Waals surface area contributed by atoms with Crippen molar-refractivity contribution in [2.45, 2.75) is 0 Å². The number of rotatable bonds is 5. The SMILES string of the molecule is [F-].[F-].[Zr+4].c1ccc([N-]CC[N-]c2ccccc2)cc1. The number of hydrogen-bond donors (Lipinski definition) is 0. The van der Waals surface area contributed by atoms with E-state index >= 15 is 0 Å². The zero-order chi connectivity index (χ0) is 11.1. The Hall–Kier alpha value is -1.22. The molecule has 19 heavy (non-hydrogen) atoms. The predicted molar refractivity (Wildman–Crippen MR) is 68.7 cm³/mol. The quantitative estimate of drug-likeness (QED) is 0.588. The summed E-state index contributed by atoms with van der Waals surface area (Å²) >= 11 is 0. The molecule has 0 aliphatic carbocycles. The van der Waals surface area contributed by atoms with Gasteiger partial charge in [0.2, 0.25) is 0 Å². The summed E-state index contributed by atoms with van der Waals surface area (Å²) in [5, 5.41) is 8.86. The molecule has 0 aliphatic rings. The van der Waals surface area contributed by atoms with E-state index in [4.69, 9.17) is 0 Å². The fraction of sp³-hybridized carbons (Fsp3) is 0.143. The predicted octanol–water partition coefficient (Wildman–Crippen LogP) is -1.60. The zero-order valence-electron chi connectivity index (χ0n) is 10.3. The van der Waals surface area contributed by atoms with Gasteiger partial charge in [-0.05, 0) is 0 Å². The van der Waals surface area contributed by atoms with Gasteiger partial charge in [0.1, 0.15) is 0 Å². The first-order chi connectivity index (χ1) is 7.95. The molecule has 98 valence electrons. The van der Waals surface area contributed by atoms with Crippen molar-refractivity contribution in [3.05, 3.63) is 71.3 Å². The van der Waals surface area contributed by atoms with Crippen LogP contribution in [0.3, 0.4) is 0 Å². The Balaban J connectivity index is 0. The second kappa shape index (κ2) is 11.9. The second-order valence-electron chi connectivity index (χ2n) is 3.43. The third-order valence-corrected chi connectivity index (χ3v) is 2.20. The third-order valence-electron chi connectivity index (χ3n) is 2.20. The van der Waals surface area contributed by atoms with Gasteiger partial charge in [0, 0.05) is 0 Å². The van der Waals surface area contributed by atoms with E-state index in [-0.39, 0.29) is 35.6 Å². The van der Waals surface area contributed by atoms with Gasteiger partial charge in [0.25, 0.3) is 0 Å². The van der Waals surface area contributed by atoms with Gasteiger partial charge in [-0.15, -0.1) is 24.5 Å². The standard InChI is InChI=1S/C14H14N2.2FH.Zr/c1-3-7-13(8-4-1)15-11-12-16-14-9-5-2-6-10-14;;;/h1-10H,11-12H2;2*1H;/q-2;;;+4/p-2. The fourth-order valence-electron chi connectivity index (χ4n) is 1.43. The molecule has 0 N–H and O–H groups in total. The van der Waals surface area contributed by atoms with Gasteiger partial charge in [-0.2, -0.15) is 0 Å². The van der Waals surface area contributed by atoms with Crippen LogP contribution in [0.4, 0.5) is 11.4 Å². The molecule has 0 unspecified atom stereocenters. The average molecular weight is 340 g/mol. The van der Waals surface area contributed by atoms with Crippen LogP contribution in [0.5, 0.6) is 0 Å². The Morgan fingerprint density at radius 1 is 0.579 bits per heavy atom. The molecule has 0 fully saturated rings. The summed E-state index contributed by atoms with van der Waals surface area (Å²) in [6, 6.07) is 20.0. The van der Waals surface area contributed by atoms with E-state index < -0.39 is 0 Å². The van der Waals surface area contributed by atoms with Crippen LogP contribution in [0, 0.1) is 0 Å². The molecule has 2 aromatic carbocycles. The molecule has 0 heterocycles. The molecule has 0 atom stereocenters. The van der Waals surface area contributed by atoms with Crippen molar-refractivity contribution in [1.82, 2.24) is 0 Å². The number of hydrogen-bond acceptors (Lipinski definition) is 0. The number of para-hydroxylation sites is 2. The molecular formula is C14H14F2N2Zr. The van der Waals surface area contributed by atoms with Crippen LogP contribution in [-0.2, 0) is 26.2 Å². The maximum atomic E-state index is 4.43. The average Bonchev–Trinajstić information content (AvgIpc) is 2.37. The molecule has 0 aliphatic heterocycles. The molecule has 0 aromatic heterocycles. The Morgan fingerprint density at radius 2 is 0.895 bits per heavy atom. The Morgan fingerprint density at radius 3 is 1.21 bits per heavy atom. The topological polar surface area (TPSA) is 28.2 Å². The summed E-state index contributed by atoms with van der Waals surface area (Å²) in [5.41, 5.74) is 2.04. The van der Waals surface area contributed by atoms with Crippen molar-refractivity contribution in [2.24, 2.45) is 0 Å². The molecule has 0 saturated heterocycles. The van der Waals surface area contributed by atoms with Crippen molar-refractivity contribution >= 4 is 11.4 Å². The maximum Gasteiger partial charge on any atom is 4.00 e. The van der Waals surface area contributed by atoms with Crippen LogP contribution in [0.1, 0.15) is 0 Å². The molecule has 0 amide bonds. The van der Waals surface area contributed by atoms with E-state index in [1.165, 1.54) is 0 Å². The Labute approximate surface area is 131 Å². The summed E-state index contributed by atoms with van der Waals surface area (Å²) in [6.45, 7) is 1.47.